The molecular weight excluding hydrogens is 485 g/mol. The van der Waals surface area contributed by atoms with Crippen molar-refractivity contribution in [3.8, 4) is 0 Å². The van der Waals surface area contributed by atoms with Crippen molar-refractivity contribution in [2.75, 3.05) is 13.2 Å². The maximum atomic E-state index is 13.1. The summed E-state index contributed by atoms with van der Waals surface area (Å²) in [5.41, 5.74) is 2.64. The molecular formula is C26H34F5NO4. The molecule has 4 rings (SSSR count). The van der Waals surface area contributed by atoms with Gasteiger partial charge >= 0.3 is 12.1 Å². The molecule has 202 valence electrons. The highest BCUT2D eigenvalue weighted by Crippen LogP contribution is 2.64. The Labute approximate surface area is 207 Å². The zero-order valence-electron chi connectivity index (χ0n) is 20.7. The number of halogens is 5. The van der Waals surface area contributed by atoms with E-state index < -0.39 is 54.9 Å². The van der Waals surface area contributed by atoms with Gasteiger partial charge in [-0.05, 0) is 55.4 Å². The summed E-state index contributed by atoms with van der Waals surface area (Å²) in [5, 5.41) is 22.7. The van der Waals surface area contributed by atoms with Crippen LogP contribution in [0.3, 0.4) is 0 Å². The molecule has 36 heavy (non-hydrogen) atoms. The van der Waals surface area contributed by atoms with E-state index in [2.05, 4.69) is 26.0 Å². The van der Waals surface area contributed by atoms with Crippen LogP contribution in [0.4, 0.5) is 22.0 Å². The number of ether oxygens (including phenoxy) is 1. The van der Waals surface area contributed by atoms with Gasteiger partial charge in [0.15, 0.2) is 0 Å². The topological polar surface area (TPSA) is 78.8 Å². The number of carbonyl (C=O) groups is 1. The number of hydrogen-bond acceptors (Lipinski definition) is 4. The summed E-state index contributed by atoms with van der Waals surface area (Å²) in [6.07, 6.45) is 2.13. The van der Waals surface area contributed by atoms with E-state index in [0.717, 1.165) is 30.4 Å². The number of amides is 1. The SMILES string of the molecule is C[C@H](OCC(=O)NCC(F)(F)C(F)(F)F)C1=CCC2C3=CC=C4CC(O)C[C@H](O)C4(C)C3CCC12C. The fourth-order valence-corrected chi connectivity index (χ4v) is 6.95. The second kappa shape index (κ2) is 9.20. The summed E-state index contributed by atoms with van der Waals surface area (Å²) in [5.74, 6) is -5.72. The van der Waals surface area contributed by atoms with Crippen molar-refractivity contribution in [3.63, 3.8) is 0 Å². The van der Waals surface area contributed by atoms with Gasteiger partial charge in [0, 0.05) is 11.8 Å². The number of alkyl halides is 5. The molecule has 0 heterocycles. The van der Waals surface area contributed by atoms with Gasteiger partial charge in [0.1, 0.15) is 6.61 Å². The summed E-state index contributed by atoms with van der Waals surface area (Å²) in [4.78, 5) is 11.9. The fraction of sp³-hybridized carbons (Fsp3) is 0.731. The molecule has 0 aromatic heterocycles. The van der Waals surface area contributed by atoms with Crippen LogP contribution >= 0.6 is 0 Å². The number of fused-ring (bicyclic) bond motifs is 5. The van der Waals surface area contributed by atoms with Gasteiger partial charge < -0.3 is 20.3 Å². The second-order valence-electron chi connectivity index (χ2n) is 11.1. The first-order chi connectivity index (χ1) is 16.6. The summed E-state index contributed by atoms with van der Waals surface area (Å²) >= 11 is 0. The Balaban J connectivity index is 1.41. The number of carbonyl (C=O) groups excluding carboxylic acids is 1. The minimum atomic E-state index is -5.74. The highest BCUT2D eigenvalue weighted by molar-refractivity contribution is 5.77. The smallest absolute Gasteiger partial charge is 0.393 e. The number of rotatable bonds is 6. The van der Waals surface area contributed by atoms with Crippen LogP contribution in [-0.2, 0) is 9.53 Å². The third-order valence-corrected chi connectivity index (χ3v) is 9.12. The van der Waals surface area contributed by atoms with Crippen molar-refractivity contribution in [2.24, 2.45) is 22.7 Å². The molecule has 5 unspecified atom stereocenters. The molecule has 4 aliphatic rings. The van der Waals surface area contributed by atoms with Crippen LogP contribution in [0.1, 0.15) is 52.9 Å². The molecule has 0 spiro atoms. The van der Waals surface area contributed by atoms with Gasteiger partial charge in [0.2, 0.25) is 5.91 Å². The summed E-state index contributed by atoms with van der Waals surface area (Å²) in [7, 11) is 0. The molecule has 10 heteroatoms. The molecule has 0 aromatic rings. The van der Waals surface area contributed by atoms with Crippen LogP contribution in [0.25, 0.3) is 0 Å². The molecule has 2 fully saturated rings. The Bertz CT molecular complexity index is 989. The zero-order chi connectivity index (χ0) is 26.7. The first-order valence-electron chi connectivity index (χ1n) is 12.4. The molecule has 5 nitrogen and oxygen atoms in total. The van der Waals surface area contributed by atoms with Crippen LogP contribution in [0.2, 0.25) is 0 Å². The van der Waals surface area contributed by atoms with Crippen LogP contribution in [0.15, 0.2) is 34.9 Å². The standard InChI is InChI=1S/C26H34F5NO4/c1-14(36-12-22(35)32-13-25(27,28)26(29,30)31)18-6-7-19-17-5-4-15-10-16(33)11-21(34)24(15,3)20(17)8-9-23(18,19)2/h4-6,14,16,19-21,33-34H,7-13H2,1-3H3,(H,32,35)/t14-,16?,19?,20?,21-,23?,24?/m0/s1. The molecule has 2 saturated carbocycles. The minimum absolute atomic E-state index is 0.156. The van der Waals surface area contributed by atoms with Crippen molar-refractivity contribution in [1.82, 2.24) is 5.32 Å². The van der Waals surface area contributed by atoms with Crippen molar-refractivity contribution >= 4 is 5.91 Å². The Morgan fingerprint density at radius 3 is 2.56 bits per heavy atom. The van der Waals surface area contributed by atoms with E-state index in [4.69, 9.17) is 4.74 Å². The van der Waals surface area contributed by atoms with E-state index >= 15 is 0 Å². The average Bonchev–Trinajstić information content (AvgIpc) is 3.13. The number of aliphatic hydroxyl groups is 2. The van der Waals surface area contributed by atoms with E-state index in [1.807, 2.05) is 6.08 Å². The highest BCUT2D eigenvalue weighted by atomic mass is 19.4. The molecule has 1 amide bonds. The molecule has 0 radical (unpaired) electrons. The molecule has 7 atom stereocenters. The van der Waals surface area contributed by atoms with E-state index in [1.165, 1.54) is 5.57 Å². The predicted molar refractivity (Wildman–Crippen MR) is 122 cm³/mol. The lowest BCUT2D eigenvalue weighted by molar-refractivity contribution is -0.278. The summed E-state index contributed by atoms with van der Waals surface area (Å²) in [6, 6.07) is 0. The highest BCUT2D eigenvalue weighted by Gasteiger charge is 2.58. The Morgan fingerprint density at radius 1 is 1.19 bits per heavy atom. The van der Waals surface area contributed by atoms with Crippen molar-refractivity contribution < 1.29 is 41.7 Å². The van der Waals surface area contributed by atoms with E-state index in [0.29, 0.717) is 12.8 Å². The first kappa shape index (κ1) is 27.3. The predicted octanol–water partition coefficient (Wildman–Crippen LogP) is 4.46. The fourth-order valence-electron chi connectivity index (χ4n) is 6.95. The van der Waals surface area contributed by atoms with Gasteiger partial charge in [0.05, 0.1) is 24.9 Å². The molecule has 3 N–H and O–H groups in total. The normalized spacial score (nSPS) is 37.1. The first-order valence-corrected chi connectivity index (χ1v) is 12.4. The Hall–Kier alpha value is -1.78. The van der Waals surface area contributed by atoms with Gasteiger partial charge in [-0.15, -0.1) is 0 Å². The minimum Gasteiger partial charge on any atom is -0.393 e. The summed E-state index contributed by atoms with van der Waals surface area (Å²) < 4.78 is 68.6. The molecule has 0 saturated heterocycles. The van der Waals surface area contributed by atoms with E-state index in [1.54, 1.807) is 12.2 Å². The van der Waals surface area contributed by atoms with Crippen LogP contribution in [0, 0.1) is 22.7 Å². The maximum Gasteiger partial charge on any atom is 0.455 e. The van der Waals surface area contributed by atoms with Crippen LogP contribution < -0.4 is 5.32 Å². The zero-order valence-corrected chi connectivity index (χ0v) is 20.7. The molecule has 0 bridgehead atoms. The number of aliphatic hydroxyl groups excluding tert-OH is 2. The Kier molecular flexibility index (Phi) is 6.97. The monoisotopic (exact) mass is 519 g/mol. The van der Waals surface area contributed by atoms with Crippen molar-refractivity contribution in [3.05, 3.63) is 34.9 Å². The van der Waals surface area contributed by atoms with Gasteiger partial charge in [-0.1, -0.05) is 43.2 Å². The molecule has 0 aliphatic heterocycles. The quantitative estimate of drug-likeness (QED) is 0.358. The number of nitrogens with one attached hydrogen (secondary N) is 1. The van der Waals surface area contributed by atoms with Gasteiger partial charge in [-0.2, -0.15) is 22.0 Å². The average molecular weight is 520 g/mol. The summed E-state index contributed by atoms with van der Waals surface area (Å²) in [6.45, 7) is 3.52. The van der Waals surface area contributed by atoms with Crippen LogP contribution in [-0.4, -0.2) is 59.7 Å². The third-order valence-electron chi connectivity index (χ3n) is 9.12. The van der Waals surface area contributed by atoms with Gasteiger partial charge in [0.25, 0.3) is 0 Å². The number of hydrogen-bond donors (Lipinski definition) is 3. The lowest BCUT2D eigenvalue weighted by Gasteiger charge is -2.56. The maximum absolute atomic E-state index is 13.1. The van der Waals surface area contributed by atoms with Crippen molar-refractivity contribution in [1.29, 1.82) is 0 Å². The van der Waals surface area contributed by atoms with Gasteiger partial charge in [-0.25, -0.2) is 0 Å². The van der Waals surface area contributed by atoms with E-state index in [-0.39, 0.29) is 17.3 Å². The third kappa shape index (κ3) is 4.43. The number of allylic oxidation sites excluding steroid dienone is 4. The largest absolute Gasteiger partial charge is 0.455 e. The second-order valence-corrected chi connectivity index (χ2v) is 11.1. The Morgan fingerprint density at radius 2 is 1.89 bits per heavy atom. The van der Waals surface area contributed by atoms with E-state index in [9.17, 15) is 37.0 Å². The molecule has 0 aromatic carbocycles. The van der Waals surface area contributed by atoms with Gasteiger partial charge in [-0.3, -0.25) is 4.79 Å². The molecule has 4 aliphatic carbocycles. The lowest BCUT2D eigenvalue weighted by atomic mass is 9.49. The van der Waals surface area contributed by atoms with Crippen molar-refractivity contribution in [2.45, 2.75) is 83.3 Å². The lowest BCUT2D eigenvalue weighted by Crippen LogP contribution is -2.52. The van der Waals surface area contributed by atoms with Crippen LogP contribution in [0.5, 0.6) is 0 Å².